The predicted octanol–water partition coefficient (Wildman–Crippen LogP) is 9.03. The molecule has 0 bridgehead atoms. The number of benzene rings is 4. The second-order valence-electron chi connectivity index (χ2n) is 15.6. The van der Waals surface area contributed by atoms with Crippen molar-refractivity contribution in [2.75, 3.05) is 22.5 Å². The van der Waals surface area contributed by atoms with Crippen molar-refractivity contribution >= 4 is 53.4 Å². The molecule has 4 heterocycles. The van der Waals surface area contributed by atoms with Crippen LogP contribution in [0.15, 0.2) is 101 Å². The van der Waals surface area contributed by atoms with E-state index in [-0.39, 0.29) is 45.9 Å². The fraction of sp³-hybridized carbons (Fsp3) is 0.333. The summed E-state index contributed by atoms with van der Waals surface area (Å²) in [7, 11) is -8.90. The lowest BCUT2D eigenvalue weighted by molar-refractivity contribution is 0.0976. The average molecular weight is 927 g/mol. The number of piperidine rings is 2. The van der Waals surface area contributed by atoms with Crippen LogP contribution in [0.1, 0.15) is 85.0 Å². The largest absolute Gasteiger partial charge is 0.292 e. The molecule has 2 fully saturated rings. The van der Waals surface area contributed by atoms with Crippen molar-refractivity contribution in [3.8, 4) is 0 Å². The fourth-order valence-corrected chi connectivity index (χ4v) is 12.1. The Balaban J connectivity index is 0.968. The van der Waals surface area contributed by atoms with E-state index >= 15 is 17.6 Å². The first kappa shape index (κ1) is 43.8. The third kappa shape index (κ3) is 9.69. The molecular formula is C42H42F4N8O4S4. The molecule has 2 N–H and O–H groups in total. The van der Waals surface area contributed by atoms with E-state index in [1.807, 2.05) is 30.3 Å². The van der Waals surface area contributed by atoms with Crippen molar-refractivity contribution in [3.63, 3.8) is 0 Å². The molecule has 4 aromatic carbocycles. The Labute approximate surface area is 365 Å². The Morgan fingerprint density at radius 3 is 1.95 bits per heavy atom. The summed E-state index contributed by atoms with van der Waals surface area (Å²) in [4.78, 5) is 10.2. The van der Waals surface area contributed by atoms with Crippen molar-refractivity contribution in [1.29, 1.82) is 0 Å². The van der Waals surface area contributed by atoms with Gasteiger partial charge in [0.2, 0.25) is 10.3 Å². The van der Waals surface area contributed by atoms with Gasteiger partial charge in [-0.2, -0.15) is 8.75 Å². The molecular weight excluding hydrogens is 885 g/mol. The molecule has 0 saturated carbocycles. The van der Waals surface area contributed by atoms with Gasteiger partial charge in [-0.1, -0.05) is 61.0 Å². The number of nitrogens with one attached hydrogen (secondary N) is 2. The maximum Gasteiger partial charge on any atom is 0.266 e. The van der Waals surface area contributed by atoms with Crippen LogP contribution in [-0.4, -0.2) is 58.4 Å². The van der Waals surface area contributed by atoms with Crippen molar-refractivity contribution in [3.05, 3.63) is 143 Å². The van der Waals surface area contributed by atoms with Gasteiger partial charge in [-0.3, -0.25) is 19.2 Å². The number of likely N-dealkylation sites (tertiary alicyclic amines) is 2. The minimum absolute atomic E-state index is 0.0413. The van der Waals surface area contributed by atoms with E-state index in [0.717, 1.165) is 103 Å². The number of hydrogen-bond acceptors (Lipinski definition) is 12. The van der Waals surface area contributed by atoms with E-state index in [1.165, 1.54) is 0 Å². The standard InChI is InChI=1S/C42H42F4N8O4S4/c1-26(32-19-36(46)40(21-34(32)44)62(57,58)52-42-48-25-50-60-42)54-16-6-5-9-38(54)30-13-10-27(11-14-30)17-28-12-15-37(29-7-3-2-4-8-29)53(22-28)23-31-18-35(45)39(20-33(31)43)61(55,56)51-41-47-24-49-59-41/h2-4,7-8,10-11,13-14,18-21,24-26,28,37-38H,5-6,9,12,15-17,22-23H2,1H3,(H,47,49,51)(H,48,50,52)/t26-,28-,37+,38-/m0/s1. The third-order valence-corrected chi connectivity index (χ3v) is 15.7. The summed E-state index contributed by atoms with van der Waals surface area (Å²) in [6, 6.07) is 20.8. The Morgan fingerprint density at radius 2 is 1.32 bits per heavy atom. The van der Waals surface area contributed by atoms with Crippen LogP contribution in [-0.2, 0) is 33.0 Å². The maximum atomic E-state index is 15.7. The summed E-state index contributed by atoms with van der Waals surface area (Å²) in [6.45, 7) is 3.07. The van der Waals surface area contributed by atoms with Gasteiger partial charge < -0.3 is 0 Å². The lowest BCUT2D eigenvalue weighted by Gasteiger charge is -2.41. The Hall–Kier alpha value is -4.86. The molecule has 0 radical (unpaired) electrons. The van der Waals surface area contributed by atoms with Crippen molar-refractivity contribution in [2.24, 2.45) is 5.92 Å². The van der Waals surface area contributed by atoms with Gasteiger partial charge in [-0.15, -0.1) is 0 Å². The highest BCUT2D eigenvalue weighted by Crippen LogP contribution is 2.40. The molecule has 12 nitrogen and oxygen atoms in total. The van der Waals surface area contributed by atoms with E-state index in [1.54, 1.807) is 6.92 Å². The molecule has 2 aliphatic rings. The summed E-state index contributed by atoms with van der Waals surface area (Å²) < 4.78 is 126. The SMILES string of the molecule is C[C@@H](c1cc(F)c(S(=O)(=O)Nc2ncns2)cc1F)N1CCCC[C@H]1c1ccc(C[C@@H]2CC[C@H](c3ccccc3)N(Cc3cc(F)c(S(=O)(=O)Nc4ncns4)cc3F)C2)cc1. The maximum absolute atomic E-state index is 15.7. The molecule has 2 aromatic heterocycles. The monoisotopic (exact) mass is 926 g/mol. The number of anilines is 2. The molecule has 20 heteroatoms. The van der Waals surface area contributed by atoms with Crippen LogP contribution in [0.5, 0.6) is 0 Å². The normalized spacial score (nSPS) is 19.6. The number of aromatic nitrogens is 4. The summed E-state index contributed by atoms with van der Waals surface area (Å²) >= 11 is 1.55. The lowest BCUT2D eigenvalue weighted by atomic mass is 9.84. The van der Waals surface area contributed by atoms with Crippen LogP contribution < -0.4 is 9.44 Å². The molecule has 8 rings (SSSR count). The molecule has 0 unspecified atom stereocenters. The number of nitrogens with zero attached hydrogens (tertiary/aromatic N) is 6. The highest BCUT2D eigenvalue weighted by molar-refractivity contribution is 7.93. The first-order chi connectivity index (χ1) is 29.8. The zero-order chi connectivity index (χ0) is 43.6. The second kappa shape index (κ2) is 18.5. The number of rotatable bonds is 14. The molecule has 6 aromatic rings. The van der Waals surface area contributed by atoms with E-state index in [2.05, 4.69) is 62.2 Å². The molecule has 62 heavy (non-hydrogen) atoms. The highest BCUT2D eigenvalue weighted by atomic mass is 32.2. The number of hydrogen-bond donors (Lipinski definition) is 2. The predicted molar refractivity (Wildman–Crippen MR) is 228 cm³/mol. The Morgan fingerprint density at radius 1 is 0.710 bits per heavy atom. The smallest absolute Gasteiger partial charge is 0.266 e. The van der Waals surface area contributed by atoms with Gasteiger partial charge in [0, 0.05) is 65.4 Å². The summed E-state index contributed by atoms with van der Waals surface area (Å²) in [5.74, 6) is -3.64. The molecule has 0 amide bonds. The van der Waals surface area contributed by atoms with E-state index in [0.29, 0.717) is 25.2 Å². The molecule has 0 spiro atoms. The molecule has 326 valence electrons. The van der Waals surface area contributed by atoms with Gasteiger partial charge in [0.25, 0.3) is 20.0 Å². The molecule has 2 aliphatic heterocycles. The van der Waals surface area contributed by atoms with Crippen LogP contribution in [0.3, 0.4) is 0 Å². The number of sulfonamides is 2. The van der Waals surface area contributed by atoms with Gasteiger partial charge >= 0.3 is 0 Å². The van der Waals surface area contributed by atoms with Gasteiger partial charge in [0.15, 0.2) is 0 Å². The van der Waals surface area contributed by atoms with Gasteiger partial charge in [-0.25, -0.2) is 44.4 Å². The lowest BCUT2D eigenvalue weighted by Crippen LogP contribution is -2.38. The van der Waals surface area contributed by atoms with Crippen molar-refractivity contribution in [1.82, 2.24) is 28.5 Å². The molecule has 0 aliphatic carbocycles. The van der Waals surface area contributed by atoms with Crippen LogP contribution >= 0.6 is 23.1 Å². The van der Waals surface area contributed by atoms with Crippen LogP contribution in [0.4, 0.5) is 27.8 Å². The topological polar surface area (TPSA) is 150 Å². The highest BCUT2D eigenvalue weighted by Gasteiger charge is 2.34. The molecule has 4 atom stereocenters. The summed E-state index contributed by atoms with van der Waals surface area (Å²) in [5, 5.41) is -0.128. The summed E-state index contributed by atoms with van der Waals surface area (Å²) in [5.41, 5.74) is 3.26. The van der Waals surface area contributed by atoms with E-state index in [4.69, 9.17) is 0 Å². The van der Waals surface area contributed by atoms with Gasteiger partial charge in [0.05, 0.1) is 0 Å². The quantitative estimate of drug-likeness (QED) is 0.101. The zero-order valence-electron chi connectivity index (χ0n) is 33.3. The van der Waals surface area contributed by atoms with Crippen molar-refractivity contribution < 1.29 is 34.4 Å². The first-order valence-corrected chi connectivity index (χ1v) is 24.5. The van der Waals surface area contributed by atoms with Crippen LogP contribution in [0.25, 0.3) is 0 Å². The van der Waals surface area contributed by atoms with E-state index in [9.17, 15) is 16.8 Å². The first-order valence-electron chi connectivity index (χ1n) is 19.9. The number of halogens is 4. The minimum Gasteiger partial charge on any atom is -0.292 e. The Bertz CT molecular complexity index is 2720. The van der Waals surface area contributed by atoms with Crippen LogP contribution in [0, 0.1) is 29.2 Å². The average Bonchev–Trinajstić information content (AvgIpc) is 3.97. The van der Waals surface area contributed by atoms with Crippen molar-refractivity contribution in [2.45, 2.75) is 79.9 Å². The minimum atomic E-state index is -4.46. The third-order valence-electron chi connectivity index (χ3n) is 11.6. The van der Waals surface area contributed by atoms with Gasteiger partial charge in [0.1, 0.15) is 45.7 Å². The summed E-state index contributed by atoms with van der Waals surface area (Å²) in [6.07, 6.45) is 7.30. The molecule has 2 saturated heterocycles. The van der Waals surface area contributed by atoms with Gasteiger partial charge in [-0.05, 0) is 92.4 Å². The van der Waals surface area contributed by atoms with E-state index < -0.39 is 59.1 Å². The Kier molecular flexibility index (Phi) is 13.0. The zero-order valence-corrected chi connectivity index (χ0v) is 36.6. The van der Waals surface area contributed by atoms with Crippen LogP contribution in [0.2, 0.25) is 0 Å². The second-order valence-corrected chi connectivity index (χ2v) is 20.4. The fourth-order valence-electron chi connectivity index (χ4n) is 8.65.